The summed E-state index contributed by atoms with van der Waals surface area (Å²) in [5.41, 5.74) is 6.02. The number of hydrogen-bond donors (Lipinski definition) is 3. The Labute approximate surface area is 120 Å². The normalized spacial score (nSPS) is 21.5. The van der Waals surface area contributed by atoms with Crippen molar-refractivity contribution in [1.82, 2.24) is 16.2 Å². The van der Waals surface area contributed by atoms with Gasteiger partial charge in [-0.2, -0.15) is 0 Å². The van der Waals surface area contributed by atoms with Crippen LogP contribution in [0.3, 0.4) is 0 Å². The number of nitrogens with one attached hydrogen (secondary N) is 3. The lowest BCUT2D eigenvalue weighted by Gasteiger charge is -2.16. The quantitative estimate of drug-likeness (QED) is 0.795. The zero-order valence-corrected chi connectivity index (χ0v) is 11.3. The first-order chi connectivity index (χ1) is 9.75. The highest BCUT2D eigenvalue weighted by atomic mass is 32.1. The van der Waals surface area contributed by atoms with Crippen LogP contribution in [0, 0.1) is 0 Å². The Morgan fingerprint density at radius 3 is 2.65 bits per heavy atom. The molecule has 1 aliphatic rings. The van der Waals surface area contributed by atoms with Gasteiger partial charge in [-0.25, -0.2) is 5.43 Å². The zero-order chi connectivity index (χ0) is 13.9. The summed E-state index contributed by atoms with van der Waals surface area (Å²) in [6.45, 7) is 0. The number of rotatable bonds is 3. The van der Waals surface area contributed by atoms with Crippen LogP contribution >= 0.6 is 11.3 Å². The van der Waals surface area contributed by atoms with E-state index in [9.17, 15) is 9.59 Å². The Hall–Kier alpha value is -2.18. The van der Waals surface area contributed by atoms with Crippen molar-refractivity contribution in [3.05, 3.63) is 58.3 Å². The molecule has 0 aliphatic carbocycles. The monoisotopic (exact) mass is 287 g/mol. The molecular weight excluding hydrogens is 274 g/mol. The van der Waals surface area contributed by atoms with E-state index in [2.05, 4.69) is 16.2 Å². The Morgan fingerprint density at radius 1 is 1.15 bits per heavy atom. The summed E-state index contributed by atoms with van der Waals surface area (Å²) < 4.78 is 0. The van der Waals surface area contributed by atoms with Crippen LogP contribution in [0.15, 0.2) is 47.8 Å². The number of benzene rings is 1. The molecule has 2 heterocycles. The highest BCUT2D eigenvalue weighted by Crippen LogP contribution is 2.24. The Morgan fingerprint density at radius 2 is 1.95 bits per heavy atom. The molecule has 2 aromatic rings. The van der Waals surface area contributed by atoms with Gasteiger partial charge in [-0.3, -0.25) is 15.0 Å². The van der Waals surface area contributed by atoms with Crippen molar-refractivity contribution in [2.75, 3.05) is 0 Å². The minimum atomic E-state index is -0.610. The Bertz CT molecular complexity index is 613. The van der Waals surface area contributed by atoms with Crippen LogP contribution in [-0.2, 0) is 4.79 Å². The van der Waals surface area contributed by atoms with Crippen LogP contribution in [-0.4, -0.2) is 17.9 Å². The molecule has 3 rings (SSSR count). The molecule has 2 atom stereocenters. The van der Waals surface area contributed by atoms with Gasteiger partial charge in [0, 0.05) is 10.4 Å². The summed E-state index contributed by atoms with van der Waals surface area (Å²) in [4.78, 5) is 25.0. The average Bonchev–Trinajstić information content (AvgIpc) is 3.11. The largest absolute Gasteiger partial charge is 0.338 e. The van der Waals surface area contributed by atoms with Gasteiger partial charge in [0.05, 0.1) is 6.04 Å². The number of hydrogen-bond acceptors (Lipinski definition) is 4. The van der Waals surface area contributed by atoms with Gasteiger partial charge >= 0.3 is 0 Å². The summed E-state index contributed by atoms with van der Waals surface area (Å²) in [5, 5.41) is 4.72. The maximum Gasteiger partial charge on any atom is 0.258 e. The van der Waals surface area contributed by atoms with Crippen molar-refractivity contribution in [1.29, 1.82) is 0 Å². The first-order valence-electron chi connectivity index (χ1n) is 6.20. The number of amides is 2. The fraction of sp³-hybridized carbons (Fsp3) is 0.143. The van der Waals surface area contributed by atoms with Crippen LogP contribution in [0.25, 0.3) is 0 Å². The summed E-state index contributed by atoms with van der Waals surface area (Å²) >= 11 is 1.54. The van der Waals surface area contributed by atoms with Gasteiger partial charge in [0.1, 0.15) is 6.04 Å². The number of carbonyl (C=O) groups is 2. The summed E-state index contributed by atoms with van der Waals surface area (Å²) in [5.74, 6) is -0.483. The molecule has 6 heteroatoms. The van der Waals surface area contributed by atoms with E-state index in [4.69, 9.17) is 0 Å². The molecular formula is C14H13N3O2S. The second-order valence-electron chi connectivity index (χ2n) is 4.44. The van der Waals surface area contributed by atoms with Crippen molar-refractivity contribution in [2.45, 2.75) is 12.1 Å². The van der Waals surface area contributed by atoms with Crippen LogP contribution in [0.4, 0.5) is 0 Å². The molecule has 5 nitrogen and oxygen atoms in total. The fourth-order valence-corrected chi connectivity index (χ4v) is 2.94. The Balaban J connectivity index is 1.78. The second-order valence-corrected chi connectivity index (χ2v) is 5.42. The topological polar surface area (TPSA) is 70.2 Å². The molecule has 3 N–H and O–H groups in total. The molecule has 0 radical (unpaired) electrons. The minimum absolute atomic E-state index is 0.229. The number of hydrazine groups is 1. The van der Waals surface area contributed by atoms with E-state index in [1.54, 1.807) is 35.6 Å². The van der Waals surface area contributed by atoms with E-state index in [-0.39, 0.29) is 17.9 Å². The van der Waals surface area contributed by atoms with Gasteiger partial charge in [-0.1, -0.05) is 24.3 Å². The molecule has 0 spiro atoms. The maximum atomic E-state index is 12.1. The van der Waals surface area contributed by atoms with Crippen molar-refractivity contribution < 1.29 is 9.59 Å². The van der Waals surface area contributed by atoms with Gasteiger partial charge in [0.2, 0.25) is 0 Å². The van der Waals surface area contributed by atoms with Crippen LogP contribution in [0.1, 0.15) is 21.3 Å². The van der Waals surface area contributed by atoms with Gasteiger partial charge in [0.25, 0.3) is 11.8 Å². The van der Waals surface area contributed by atoms with Gasteiger partial charge in [-0.05, 0) is 23.6 Å². The van der Waals surface area contributed by atoms with Crippen LogP contribution in [0.5, 0.6) is 0 Å². The fourth-order valence-electron chi connectivity index (χ4n) is 2.13. The molecule has 1 aliphatic heterocycles. The maximum absolute atomic E-state index is 12.1. The third-order valence-corrected chi connectivity index (χ3v) is 4.09. The highest BCUT2D eigenvalue weighted by Gasteiger charge is 2.37. The standard InChI is InChI=1S/C14H13N3O2S/c18-13(9-5-2-1-3-6-9)15-12-11(16-17-14(12)19)10-7-4-8-20-10/h1-8,11-12,16H,(H,15,18)(H,17,19)/t11-,12-/m0/s1. The molecule has 1 fully saturated rings. The van der Waals surface area contributed by atoms with E-state index in [1.165, 1.54) is 0 Å². The number of thiophene rings is 1. The van der Waals surface area contributed by atoms with Crippen LogP contribution in [0.2, 0.25) is 0 Å². The van der Waals surface area contributed by atoms with E-state index in [0.29, 0.717) is 5.56 Å². The van der Waals surface area contributed by atoms with Gasteiger partial charge in [0.15, 0.2) is 0 Å². The average molecular weight is 287 g/mol. The summed E-state index contributed by atoms with van der Waals surface area (Å²) in [6, 6.07) is 11.9. The third kappa shape index (κ3) is 2.43. The minimum Gasteiger partial charge on any atom is -0.338 e. The smallest absolute Gasteiger partial charge is 0.258 e. The Kier molecular flexibility index (Phi) is 3.49. The van der Waals surface area contributed by atoms with E-state index in [1.807, 2.05) is 23.6 Å². The number of carbonyl (C=O) groups excluding carboxylic acids is 2. The second kappa shape index (κ2) is 5.44. The van der Waals surface area contributed by atoms with Gasteiger partial charge < -0.3 is 5.32 Å². The third-order valence-electron chi connectivity index (χ3n) is 3.14. The molecule has 2 amide bonds. The molecule has 1 aromatic heterocycles. The molecule has 102 valence electrons. The van der Waals surface area contributed by atoms with Crippen molar-refractivity contribution in [3.8, 4) is 0 Å². The highest BCUT2D eigenvalue weighted by molar-refractivity contribution is 7.10. The van der Waals surface area contributed by atoms with Gasteiger partial charge in [-0.15, -0.1) is 11.3 Å². The van der Waals surface area contributed by atoms with E-state index in [0.717, 1.165) is 4.88 Å². The first kappa shape index (κ1) is 12.8. The molecule has 1 aromatic carbocycles. The van der Waals surface area contributed by atoms with Crippen molar-refractivity contribution >= 4 is 23.2 Å². The lowest BCUT2D eigenvalue weighted by atomic mass is 10.1. The summed E-state index contributed by atoms with van der Waals surface area (Å²) in [6.07, 6.45) is 0. The van der Waals surface area contributed by atoms with Crippen molar-refractivity contribution in [3.63, 3.8) is 0 Å². The molecule has 20 heavy (non-hydrogen) atoms. The lowest BCUT2D eigenvalue weighted by Crippen LogP contribution is -2.42. The van der Waals surface area contributed by atoms with E-state index >= 15 is 0 Å². The molecule has 0 saturated carbocycles. The predicted molar refractivity (Wildman–Crippen MR) is 76.0 cm³/mol. The summed E-state index contributed by atoms with van der Waals surface area (Å²) in [7, 11) is 0. The van der Waals surface area contributed by atoms with E-state index < -0.39 is 6.04 Å². The lowest BCUT2D eigenvalue weighted by molar-refractivity contribution is -0.121. The van der Waals surface area contributed by atoms with Crippen LogP contribution < -0.4 is 16.2 Å². The predicted octanol–water partition coefficient (Wildman–Crippen LogP) is 1.22. The SMILES string of the molecule is O=C(N[C@@H]1C(=O)NN[C@H]1c1cccs1)c1ccccc1. The molecule has 0 unspecified atom stereocenters. The molecule has 1 saturated heterocycles. The van der Waals surface area contributed by atoms with Crippen molar-refractivity contribution in [2.24, 2.45) is 0 Å². The molecule has 0 bridgehead atoms. The first-order valence-corrected chi connectivity index (χ1v) is 7.08. The zero-order valence-electron chi connectivity index (χ0n) is 10.5.